The Labute approximate surface area is 132 Å². The fourth-order valence-corrected chi connectivity index (χ4v) is 3.47. The lowest BCUT2D eigenvalue weighted by molar-refractivity contribution is -0.115. The number of aromatic nitrogens is 1. The van der Waals surface area contributed by atoms with Crippen LogP contribution in [0.2, 0.25) is 0 Å². The SMILES string of the molecule is CSc1nc(C)c(CC(=O)Nc2cccc(C(C)=O)c2)s1. The van der Waals surface area contributed by atoms with Crippen molar-refractivity contribution in [1.29, 1.82) is 0 Å². The Morgan fingerprint density at radius 3 is 2.76 bits per heavy atom. The standard InChI is InChI=1S/C15H16N2O2S2/c1-9-13(21-15(16-9)20-3)8-14(19)17-12-6-4-5-11(7-12)10(2)18/h4-7H,8H2,1-3H3,(H,17,19). The molecule has 1 heterocycles. The molecule has 0 radical (unpaired) electrons. The number of benzene rings is 1. The minimum atomic E-state index is -0.102. The second-order valence-corrected chi connectivity index (χ2v) is 6.69. The molecule has 2 rings (SSSR count). The predicted octanol–water partition coefficient (Wildman–Crippen LogP) is 3.56. The molecule has 0 aliphatic carbocycles. The smallest absolute Gasteiger partial charge is 0.229 e. The van der Waals surface area contributed by atoms with Crippen LogP contribution in [0.1, 0.15) is 27.9 Å². The molecule has 1 N–H and O–H groups in total. The van der Waals surface area contributed by atoms with E-state index in [1.807, 2.05) is 13.2 Å². The Morgan fingerprint density at radius 2 is 2.14 bits per heavy atom. The number of thiazole rings is 1. The number of rotatable bonds is 5. The number of aryl methyl sites for hydroxylation is 1. The van der Waals surface area contributed by atoms with Crippen LogP contribution in [0.3, 0.4) is 0 Å². The molecule has 0 bridgehead atoms. The second kappa shape index (κ2) is 6.87. The largest absolute Gasteiger partial charge is 0.326 e. The zero-order valence-corrected chi connectivity index (χ0v) is 13.7. The van der Waals surface area contributed by atoms with E-state index in [1.165, 1.54) is 6.92 Å². The van der Waals surface area contributed by atoms with Crippen LogP contribution in [0, 0.1) is 6.92 Å². The molecule has 0 saturated heterocycles. The number of hydrogen-bond donors (Lipinski definition) is 1. The molecule has 0 atom stereocenters. The van der Waals surface area contributed by atoms with Gasteiger partial charge < -0.3 is 5.32 Å². The molecule has 1 aromatic carbocycles. The van der Waals surface area contributed by atoms with E-state index in [-0.39, 0.29) is 11.7 Å². The van der Waals surface area contributed by atoms with Gasteiger partial charge in [0.25, 0.3) is 0 Å². The summed E-state index contributed by atoms with van der Waals surface area (Å²) in [5, 5.41) is 2.82. The van der Waals surface area contributed by atoms with Crippen molar-refractivity contribution in [2.75, 3.05) is 11.6 Å². The van der Waals surface area contributed by atoms with E-state index in [2.05, 4.69) is 10.3 Å². The molecule has 0 aliphatic heterocycles. The maximum atomic E-state index is 12.1. The van der Waals surface area contributed by atoms with Gasteiger partial charge >= 0.3 is 0 Å². The third-order valence-electron chi connectivity index (χ3n) is 2.92. The Morgan fingerprint density at radius 1 is 1.38 bits per heavy atom. The number of anilines is 1. The zero-order chi connectivity index (χ0) is 15.4. The first-order valence-corrected chi connectivity index (χ1v) is 8.45. The molecular formula is C15H16N2O2S2. The number of carbonyl (C=O) groups excluding carboxylic acids is 2. The average molecular weight is 320 g/mol. The van der Waals surface area contributed by atoms with Crippen LogP contribution >= 0.6 is 23.1 Å². The van der Waals surface area contributed by atoms with Gasteiger partial charge in [-0.05, 0) is 32.2 Å². The number of ketones is 1. The van der Waals surface area contributed by atoms with Crippen molar-refractivity contribution in [3.05, 3.63) is 40.4 Å². The normalized spacial score (nSPS) is 10.4. The molecule has 0 saturated carbocycles. The van der Waals surface area contributed by atoms with Crippen LogP contribution in [0.5, 0.6) is 0 Å². The van der Waals surface area contributed by atoms with E-state index >= 15 is 0 Å². The van der Waals surface area contributed by atoms with Crippen molar-refractivity contribution in [2.45, 2.75) is 24.6 Å². The van der Waals surface area contributed by atoms with Crippen LogP contribution in [0.25, 0.3) is 0 Å². The summed E-state index contributed by atoms with van der Waals surface area (Å²) in [5.41, 5.74) is 2.13. The summed E-state index contributed by atoms with van der Waals surface area (Å²) >= 11 is 3.12. The molecule has 0 spiro atoms. The van der Waals surface area contributed by atoms with Crippen molar-refractivity contribution in [3.8, 4) is 0 Å². The number of carbonyl (C=O) groups is 2. The fourth-order valence-electron chi connectivity index (χ4n) is 1.82. The lowest BCUT2D eigenvalue weighted by Crippen LogP contribution is -2.14. The molecule has 110 valence electrons. The summed E-state index contributed by atoms with van der Waals surface area (Å²) in [6.45, 7) is 3.42. The number of Topliss-reactive ketones (excluding diaryl/α,β-unsaturated/α-hetero) is 1. The van der Waals surface area contributed by atoms with E-state index in [9.17, 15) is 9.59 Å². The molecule has 6 heteroatoms. The van der Waals surface area contributed by atoms with E-state index < -0.39 is 0 Å². The molecule has 1 amide bonds. The molecule has 0 fully saturated rings. The third kappa shape index (κ3) is 4.15. The fraction of sp³-hybridized carbons (Fsp3) is 0.267. The Bertz CT molecular complexity index is 680. The maximum Gasteiger partial charge on any atom is 0.229 e. The zero-order valence-electron chi connectivity index (χ0n) is 12.1. The number of thioether (sulfide) groups is 1. The highest BCUT2D eigenvalue weighted by Crippen LogP contribution is 2.26. The van der Waals surface area contributed by atoms with Crippen molar-refractivity contribution >= 4 is 40.5 Å². The van der Waals surface area contributed by atoms with Crippen molar-refractivity contribution in [1.82, 2.24) is 4.98 Å². The lowest BCUT2D eigenvalue weighted by Gasteiger charge is -2.05. The van der Waals surface area contributed by atoms with Gasteiger partial charge in [-0.2, -0.15) is 0 Å². The quantitative estimate of drug-likeness (QED) is 0.676. The van der Waals surface area contributed by atoms with Gasteiger partial charge in [0.15, 0.2) is 5.78 Å². The van der Waals surface area contributed by atoms with Gasteiger partial charge in [0.05, 0.1) is 12.1 Å². The lowest BCUT2D eigenvalue weighted by atomic mass is 10.1. The molecule has 4 nitrogen and oxygen atoms in total. The molecule has 0 unspecified atom stereocenters. The highest BCUT2D eigenvalue weighted by molar-refractivity contribution is 8.00. The van der Waals surface area contributed by atoms with Gasteiger partial charge in [-0.15, -0.1) is 11.3 Å². The van der Waals surface area contributed by atoms with Crippen LogP contribution < -0.4 is 5.32 Å². The van der Waals surface area contributed by atoms with Gasteiger partial charge in [-0.25, -0.2) is 4.98 Å². The average Bonchev–Trinajstić information content (AvgIpc) is 2.79. The van der Waals surface area contributed by atoms with E-state index in [0.717, 1.165) is 14.9 Å². The first kappa shape index (κ1) is 15.7. The highest BCUT2D eigenvalue weighted by Gasteiger charge is 2.12. The Balaban J connectivity index is 2.06. The van der Waals surface area contributed by atoms with Crippen LogP contribution in [-0.2, 0) is 11.2 Å². The van der Waals surface area contributed by atoms with Crippen molar-refractivity contribution in [3.63, 3.8) is 0 Å². The maximum absolute atomic E-state index is 12.1. The summed E-state index contributed by atoms with van der Waals surface area (Å²) in [5.74, 6) is -0.121. The van der Waals surface area contributed by atoms with E-state index in [0.29, 0.717) is 17.7 Å². The third-order valence-corrected chi connectivity index (χ3v) is 5.06. The summed E-state index contributed by atoms with van der Waals surface area (Å²) in [4.78, 5) is 28.8. The summed E-state index contributed by atoms with van der Waals surface area (Å²) in [6.07, 6.45) is 2.27. The van der Waals surface area contributed by atoms with E-state index in [4.69, 9.17) is 0 Å². The highest BCUT2D eigenvalue weighted by atomic mass is 32.2. The Hall–Kier alpha value is -1.66. The van der Waals surface area contributed by atoms with Crippen molar-refractivity contribution in [2.24, 2.45) is 0 Å². The van der Waals surface area contributed by atoms with Crippen LogP contribution in [0.15, 0.2) is 28.6 Å². The van der Waals surface area contributed by atoms with E-state index in [1.54, 1.807) is 47.4 Å². The number of nitrogens with one attached hydrogen (secondary N) is 1. The number of nitrogens with zero attached hydrogens (tertiary/aromatic N) is 1. The predicted molar refractivity (Wildman–Crippen MR) is 87.4 cm³/mol. The monoisotopic (exact) mass is 320 g/mol. The summed E-state index contributed by atoms with van der Waals surface area (Å²) < 4.78 is 0.967. The van der Waals surface area contributed by atoms with Gasteiger partial charge in [0.1, 0.15) is 4.34 Å². The molecule has 2 aromatic rings. The summed E-state index contributed by atoms with van der Waals surface area (Å²) in [6, 6.07) is 6.95. The topological polar surface area (TPSA) is 59.1 Å². The van der Waals surface area contributed by atoms with Crippen LogP contribution in [0.4, 0.5) is 5.69 Å². The number of amides is 1. The van der Waals surface area contributed by atoms with Crippen LogP contribution in [-0.4, -0.2) is 22.9 Å². The Kier molecular flexibility index (Phi) is 5.14. The van der Waals surface area contributed by atoms with Gasteiger partial charge in [0, 0.05) is 16.1 Å². The summed E-state index contributed by atoms with van der Waals surface area (Å²) in [7, 11) is 0. The second-order valence-electron chi connectivity index (χ2n) is 4.55. The first-order chi connectivity index (χ1) is 9.99. The molecule has 0 aliphatic rings. The minimum Gasteiger partial charge on any atom is -0.326 e. The van der Waals surface area contributed by atoms with Gasteiger partial charge in [0.2, 0.25) is 5.91 Å². The first-order valence-electron chi connectivity index (χ1n) is 6.40. The van der Waals surface area contributed by atoms with Gasteiger partial charge in [-0.1, -0.05) is 23.9 Å². The minimum absolute atomic E-state index is 0.0194. The molecule has 1 aromatic heterocycles. The molecular weight excluding hydrogens is 304 g/mol. The number of hydrogen-bond acceptors (Lipinski definition) is 5. The molecule has 21 heavy (non-hydrogen) atoms. The van der Waals surface area contributed by atoms with Crippen molar-refractivity contribution < 1.29 is 9.59 Å². The van der Waals surface area contributed by atoms with Gasteiger partial charge in [-0.3, -0.25) is 9.59 Å².